The third kappa shape index (κ3) is 2.72. The highest BCUT2D eigenvalue weighted by molar-refractivity contribution is 8.00. The van der Waals surface area contributed by atoms with E-state index in [2.05, 4.69) is 43.7 Å². The van der Waals surface area contributed by atoms with Crippen LogP contribution in [0.2, 0.25) is 0 Å². The molecule has 0 atom stereocenters. The highest BCUT2D eigenvalue weighted by Crippen LogP contribution is 2.44. The maximum absolute atomic E-state index is 5.72. The van der Waals surface area contributed by atoms with Crippen LogP contribution in [0, 0.1) is 20.8 Å². The first kappa shape index (κ1) is 17.3. The zero-order chi connectivity index (χ0) is 17.4. The third-order valence-corrected chi connectivity index (χ3v) is 6.58. The number of benzene rings is 1. The van der Waals surface area contributed by atoms with Gasteiger partial charge in [-0.25, -0.2) is 4.52 Å². The smallest absolute Gasteiger partial charge is 0.128 e. The number of thiazole rings is 1. The van der Waals surface area contributed by atoms with E-state index in [0.717, 1.165) is 28.3 Å². The van der Waals surface area contributed by atoms with Crippen LogP contribution in [0.5, 0.6) is 5.75 Å². The molecule has 0 radical (unpaired) electrons. The minimum atomic E-state index is 0.575. The third-order valence-electron chi connectivity index (χ3n) is 4.21. The monoisotopic (exact) mass is 362 g/mol. The maximum Gasteiger partial charge on any atom is 0.128 e. The Hall–Kier alpha value is -1.50. The van der Waals surface area contributed by atoms with Crippen molar-refractivity contribution in [1.29, 1.82) is 0 Å². The van der Waals surface area contributed by atoms with Gasteiger partial charge in [0, 0.05) is 18.2 Å². The van der Waals surface area contributed by atoms with Gasteiger partial charge in [0.2, 0.25) is 0 Å². The number of thioether (sulfide) groups is 1. The van der Waals surface area contributed by atoms with E-state index in [1.807, 2.05) is 0 Å². The Kier molecular flexibility index (Phi) is 4.90. The second-order valence-corrected chi connectivity index (χ2v) is 7.87. The van der Waals surface area contributed by atoms with Crippen LogP contribution >= 0.6 is 23.1 Å². The second-order valence-electron chi connectivity index (χ2n) is 5.79. The molecule has 6 heteroatoms. The first-order chi connectivity index (χ1) is 11.5. The van der Waals surface area contributed by atoms with Crippen molar-refractivity contribution in [2.24, 2.45) is 0 Å². The normalized spacial score (nSPS) is 11.4. The lowest BCUT2D eigenvalue weighted by molar-refractivity contribution is 0.184. The minimum absolute atomic E-state index is 0.575. The van der Waals surface area contributed by atoms with Gasteiger partial charge in [-0.05, 0) is 44.2 Å². The van der Waals surface area contributed by atoms with Gasteiger partial charge in [-0.2, -0.15) is 5.10 Å². The van der Waals surface area contributed by atoms with Crippen molar-refractivity contribution in [3.8, 4) is 17.0 Å². The minimum Gasteiger partial charge on any atom is -0.496 e. The summed E-state index contributed by atoms with van der Waals surface area (Å²) in [7, 11) is 3.43. The van der Waals surface area contributed by atoms with Crippen molar-refractivity contribution in [3.05, 3.63) is 34.5 Å². The Balaban J connectivity index is 2.32. The van der Waals surface area contributed by atoms with E-state index in [1.54, 1.807) is 37.3 Å². The van der Waals surface area contributed by atoms with Gasteiger partial charge in [0.15, 0.2) is 0 Å². The molecule has 3 aromatic rings. The lowest BCUT2D eigenvalue weighted by Crippen LogP contribution is -1.99. The van der Waals surface area contributed by atoms with Crippen LogP contribution in [0.1, 0.15) is 22.4 Å². The zero-order valence-electron chi connectivity index (χ0n) is 14.9. The average molecular weight is 363 g/mol. The lowest BCUT2D eigenvalue weighted by atomic mass is 10.0. The average Bonchev–Trinajstić information content (AvgIpc) is 3.04. The van der Waals surface area contributed by atoms with Gasteiger partial charge in [0.25, 0.3) is 0 Å². The molecule has 1 aromatic carbocycles. The number of aromatic nitrogens is 2. The lowest BCUT2D eigenvalue weighted by Gasteiger charge is -2.14. The predicted octanol–water partition coefficient (Wildman–Crippen LogP) is 4.86. The van der Waals surface area contributed by atoms with Gasteiger partial charge in [0.05, 0.1) is 23.6 Å². The van der Waals surface area contributed by atoms with E-state index in [0.29, 0.717) is 6.61 Å². The number of hydrogen-bond acceptors (Lipinski definition) is 5. The largest absolute Gasteiger partial charge is 0.496 e. The summed E-state index contributed by atoms with van der Waals surface area (Å²) in [6, 6.07) is 4.22. The number of methoxy groups -OCH3 is 2. The first-order valence-electron chi connectivity index (χ1n) is 7.71. The van der Waals surface area contributed by atoms with E-state index in [1.165, 1.54) is 20.2 Å². The van der Waals surface area contributed by atoms with E-state index < -0.39 is 0 Å². The van der Waals surface area contributed by atoms with Crippen LogP contribution in [0.15, 0.2) is 16.3 Å². The summed E-state index contributed by atoms with van der Waals surface area (Å²) in [5.74, 6) is 0.864. The van der Waals surface area contributed by atoms with Crippen molar-refractivity contribution in [2.45, 2.75) is 31.6 Å². The number of fused-ring (bicyclic) bond motifs is 1. The molecule has 24 heavy (non-hydrogen) atoms. The summed E-state index contributed by atoms with van der Waals surface area (Å²) >= 11 is 3.55. The molecular formula is C18H22N2O2S2. The molecule has 0 N–H and O–H groups in total. The molecule has 0 aliphatic rings. The molecule has 0 saturated heterocycles. The van der Waals surface area contributed by atoms with Gasteiger partial charge < -0.3 is 9.47 Å². The molecule has 0 bridgehead atoms. The van der Waals surface area contributed by atoms with Gasteiger partial charge in [0.1, 0.15) is 16.3 Å². The summed E-state index contributed by atoms with van der Waals surface area (Å²) < 4.78 is 14.3. The fourth-order valence-electron chi connectivity index (χ4n) is 2.97. The van der Waals surface area contributed by atoms with Crippen molar-refractivity contribution in [3.63, 3.8) is 0 Å². The van der Waals surface area contributed by atoms with E-state index in [4.69, 9.17) is 14.6 Å². The molecule has 0 saturated carbocycles. The van der Waals surface area contributed by atoms with Crippen LogP contribution in [-0.4, -0.2) is 30.1 Å². The SMILES string of the molecule is COCc1cc(C)c(-c2c(SC)sc3c(C)c(C)nn23)c(OC)c1. The summed E-state index contributed by atoms with van der Waals surface area (Å²) in [5.41, 5.74) is 6.83. The number of ether oxygens (including phenoxy) is 2. The van der Waals surface area contributed by atoms with E-state index in [-0.39, 0.29) is 0 Å². The summed E-state index contributed by atoms with van der Waals surface area (Å²) in [6.07, 6.45) is 2.11. The molecule has 2 aromatic heterocycles. The Labute approximate surface area is 150 Å². The molecule has 4 nitrogen and oxygen atoms in total. The zero-order valence-corrected chi connectivity index (χ0v) is 16.5. The fourth-order valence-corrected chi connectivity index (χ4v) is 4.90. The van der Waals surface area contributed by atoms with Crippen LogP contribution in [0.4, 0.5) is 0 Å². The highest BCUT2D eigenvalue weighted by Gasteiger charge is 2.22. The summed E-state index contributed by atoms with van der Waals surface area (Å²) in [6.45, 7) is 6.89. The number of rotatable bonds is 5. The van der Waals surface area contributed by atoms with E-state index in [9.17, 15) is 0 Å². The first-order valence-corrected chi connectivity index (χ1v) is 9.75. The summed E-state index contributed by atoms with van der Waals surface area (Å²) in [4.78, 5) is 1.20. The quantitative estimate of drug-likeness (QED) is 0.607. The van der Waals surface area contributed by atoms with Crippen LogP contribution < -0.4 is 4.74 Å². The number of nitrogens with zero attached hydrogens (tertiary/aromatic N) is 2. The van der Waals surface area contributed by atoms with Crippen LogP contribution in [-0.2, 0) is 11.3 Å². The maximum atomic E-state index is 5.72. The predicted molar refractivity (Wildman–Crippen MR) is 102 cm³/mol. The topological polar surface area (TPSA) is 35.8 Å². The van der Waals surface area contributed by atoms with Crippen molar-refractivity contribution >= 4 is 27.9 Å². The number of hydrogen-bond donors (Lipinski definition) is 0. The molecule has 128 valence electrons. The molecular weight excluding hydrogens is 340 g/mol. The van der Waals surface area contributed by atoms with Crippen LogP contribution in [0.3, 0.4) is 0 Å². The fraction of sp³-hybridized carbons (Fsp3) is 0.389. The van der Waals surface area contributed by atoms with E-state index >= 15 is 0 Å². The molecule has 2 heterocycles. The van der Waals surface area contributed by atoms with Crippen LogP contribution in [0.25, 0.3) is 16.1 Å². The Morgan fingerprint density at radius 3 is 2.58 bits per heavy atom. The van der Waals surface area contributed by atoms with Gasteiger partial charge in [-0.15, -0.1) is 23.1 Å². The highest BCUT2D eigenvalue weighted by atomic mass is 32.2. The Morgan fingerprint density at radius 1 is 1.21 bits per heavy atom. The second kappa shape index (κ2) is 6.78. The Morgan fingerprint density at radius 2 is 1.96 bits per heavy atom. The molecule has 0 fully saturated rings. The van der Waals surface area contributed by atoms with Crippen molar-refractivity contribution in [2.75, 3.05) is 20.5 Å². The molecule has 0 aliphatic carbocycles. The molecule has 0 unspecified atom stereocenters. The molecule has 0 spiro atoms. The molecule has 0 aliphatic heterocycles. The Bertz CT molecular complexity index is 896. The molecule has 3 rings (SSSR count). The standard InChI is InChI=1S/C18H22N2O2S2/c1-10-7-13(9-21-4)8-14(22-5)15(10)16-18(23-6)24-17-11(2)12(3)19-20(16)17/h7-8H,9H2,1-6H3. The van der Waals surface area contributed by atoms with Crippen molar-refractivity contribution in [1.82, 2.24) is 9.61 Å². The van der Waals surface area contributed by atoms with Gasteiger partial charge in [-0.1, -0.05) is 6.07 Å². The number of aryl methyl sites for hydroxylation is 3. The molecule has 0 amide bonds. The van der Waals surface area contributed by atoms with Crippen molar-refractivity contribution < 1.29 is 9.47 Å². The summed E-state index contributed by atoms with van der Waals surface area (Å²) in [5, 5.41) is 4.77. The van der Waals surface area contributed by atoms with Gasteiger partial charge in [-0.3, -0.25) is 0 Å². The van der Waals surface area contributed by atoms with Gasteiger partial charge >= 0.3 is 0 Å².